The fourth-order valence-electron chi connectivity index (χ4n) is 7.57. The Morgan fingerprint density at radius 3 is 2.37 bits per heavy atom. The van der Waals surface area contributed by atoms with E-state index < -0.39 is 23.2 Å². The zero-order valence-corrected chi connectivity index (χ0v) is 22.6. The van der Waals surface area contributed by atoms with Gasteiger partial charge in [-0.05, 0) is 76.2 Å². The Morgan fingerprint density at radius 1 is 1.11 bits per heavy atom. The van der Waals surface area contributed by atoms with E-state index in [0.717, 1.165) is 36.0 Å². The van der Waals surface area contributed by atoms with E-state index in [-0.39, 0.29) is 35.1 Å². The van der Waals surface area contributed by atoms with E-state index in [1.807, 2.05) is 39.0 Å². The van der Waals surface area contributed by atoms with Crippen molar-refractivity contribution in [3.63, 3.8) is 0 Å². The van der Waals surface area contributed by atoms with Crippen LogP contribution in [-0.2, 0) is 4.79 Å². The van der Waals surface area contributed by atoms with Gasteiger partial charge in [0.2, 0.25) is 0 Å². The maximum atomic E-state index is 13.4. The third kappa shape index (κ3) is 4.90. The van der Waals surface area contributed by atoms with Gasteiger partial charge in [0.25, 0.3) is 0 Å². The third-order valence-corrected chi connectivity index (χ3v) is 9.77. The molecule has 0 aromatic heterocycles. The van der Waals surface area contributed by atoms with Crippen molar-refractivity contribution >= 4 is 5.78 Å². The second kappa shape index (κ2) is 9.74. The second-order valence-corrected chi connectivity index (χ2v) is 12.7. The van der Waals surface area contributed by atoms with E-state index in [4.69, 9.17) is 0 Å². The van der Waals surface area contributed by atoms with Crippen molar-refractivity contribution < 1.29 is 25.2 Å². The van der Waals surface area contributed by atoms with E-state index in [1.165, 1.54) is 0 Å². The molecule has 0 heterocycles. The molecule has 4 N–H and O–H groups in total. The Morgan fingerprint density at radius 2 is 1.77 bits per heavy atom. The number of aliphatic hydroxyl groups is 4. The maximum Gasteiger partial charge on any atom is 0.160 e. The van der Waals surface area contributed by atoms with Crippen molar-refractivity contribution in [1.82, 2.24) is 0 Å². The van der Waals surface area contributed by atoms with E-state index in [2.05, 4.69) is 13.8 Å². The molecule has 0 spiro atoms. The lowest BCUT2D eigenvalue weighted by molar-refractivity contribution is -0.178. The summed E-state index contributed by atoms with van der Waals surface area (Å²) in [5, 5.41) is 40.8. The molecule has 3 fully saturated rings. The zero-order chi connectivity index (χ0) is 26.4. The molecule has 3 saturated carbocycles. The fraction of sp³-hybridized carbons (Fsp3) is 0.700. The number of Topliss-reactive ketones (excluding diaryl/α,β-unsaturated/α-hetero) is 1. The molecule has 0 radical (unpaired) electrons. The molecule has 3 aliphatic carbocycles. The van der Waals surface area contributed by atoms with Crippen LogP contribution in [0.4, 0.5) is 0 Å². The van der Waals surface area contributed by atoms with Crippen LogP contribution in [0.5, 0.6) is 0 Å². The molecule has 0 saturated heterocycles. The van der Waals surface area contributed by atoms with Crippen molar-refractivity contribution in [1.29, 1.82) is 0 Å². The van der Waals surface area contributed by atoms with Crippen LogP contribution in [0.3, 0.4) is 0 Å². The first-order valence-corrected chi connectivity index (χ1v) is 13.1. The minimum absolute atomic E-state index is 0.0246. The van der Waals surface area contributed by atoms with Gasteiger partial charge in [-0.1, -0.05) is 56.7 Å². The largest absolute Gasteiger partial charge is 0.396 e. The lowest BCUT2D eigenvalue weighted by Crippen LogP contribution is -2.59. The molecule has 7 atom stereocenters. The molecule has 0 bridgehead atoms. The number of allylic oxidation sites excluding steroid dienone is 7. The number of aliphatic hydroxyl groups excluding tert-OH is 3. The quantitative estimate of drug-likeness (QED) is 0.323. The molecule has 1 unspecified atom stereocenters. The molecule has 0 aromatic rings. The Labute approximate surface area is 211 Å². The van der Waals surface area contributed by atoms with Gasteiger partial charge >= 0.3 is 0 Å². The molecule has 35 heavy (non-hydrogen) atoms. The first kappa shape index (κ1) is 28.0. The minimum atomic E-state index is -1.19. The van der Waals surface area contributed by atoms with Crippen molar-refractivity contribution in [3.05, 3.63) is 47.1 Å². The molecule has 3 aliphatic rings. The van der Waals surface area contributed by atoms with Gasteiger partial charge in [0.1, 0.15) is 6.10 Å². The Bertz CT molecular complexity index is 950. The number of carbonyl (C=O) groups is 1. The highest BCUT2D eigenvalue weighted by Crippen LogP contribution is 2.69. The summed E-state index contributed by atoms with van der Waals surface area (Å²) in [6.07, 6.45) is 11.7. The van der Waals surface area contributed by atoms with Gasteiger partial charge in [-0.25, -0.2) is 0 Å². The predicted molar refractivity (Wildman–Crippen MR) is 140 cm³/mol. The van der Waals surface area contributed by atoms with Crippen molar-refractivity contribution in [3.8, 4) is 0 Å². The Hall–Kier alpha value is -1.53. The van der Waals surface area contributed by atoms with E-state index >= 15 is 0 Å². The van der Waals surface area contributed by atoms with Gasteiger partial charge in [-0.15, -0.1) is 0 Å². The summed E-state index contributed by atoms with van der Waals surface area (Å²) in [5.41, 5.74) is 0.859. The van der Waals surface area contributed by atoms with Gasteiger partial charge in [0, 0.05) is 22.8 Å². The average molecular weight is 487 g/mol. The topological polar surface area (TPSA) is 98.0 Å². The van der Waals surface area contributed by atoms with Crippen LogP contribution < -0.4 is 0 Å². The summed E-state index contributed by atoms with van der Waals surface area (Å²) in [5.74, 6) is 0.634. The summed E-state index contributed by atoms with van der Waals surface area (Å²) in [6.45, 7) is 13.6. The first-order chi connectivity index (χ1) is 16.1. The van der Waals surface area contributed by atoms with E-state index in [0.29, 0.717) is 12.8 Å². The van der Waals surface area contributed by atoms with Gasteiger partial charge < -0.3 is 20.4 Å². The number of hydrogen-bond acceptors (Lipinski definition) is 5. The highest BCUT2D eigenvalue weighted by Gasteiger charge is 2.65. The van der Waals surface area contributed by atoms with E-state index in [1.54, 1.807) is 26.0 Å². The van der Waals surface area contributed by atoms with Crippen molar-refractivity contribution in [2.75, 3.05) is 6.61 Å². The number of ketones is 1. The Balaban J connectivity index is 1.87. The molecule has 0 aromatic carbocycles. The van der Waals surface area contributed by atoms with Crippen LogP contribution >= 0.6 is 0 Å². The lowest BCUT2D eigenvalue weighted by Gasteiger charge is -2.62. The summed E-state index contributed by atoms with van der Waals surface area (Å²) in [7, 11) is 0. The Kier molecular flexibility index (Phi) is 7.80. The number of carbonyl (C=O) groups excluding carboxylic acids is 1. The van der Waals surface area contributed by atoms with Crippen LogP contribution in [0.1, 0.15) is 80.6 Å². The molecular weight excluding hydrogens is 440 g/mol. The monoisotopic (exact) mass is 486 g/mol. The standard InChI is InChI=1S/C30H46O5/c1-19(11-12-24(33)27(3,4)35)9-8-10-20(2)26-21(32)17-23-28(5)16-14-25(34)30(7,18-31)22(28)13-15-29(23,26)6/h8-12,22-25,31,33-35H,13-18H2,1-7H3/b10-8+,12-11+,19-9+,26-20+/t22-,23+,24?,25+,28+,29+,30-/m1/s1. The lowest BCUT2D eigenvalue weighted by atomic mass is 9.43. The normalized spacial score (nSPS) is 40.8. The highest BCUT2D eigenvalue weighted by atomic mass is 16.3. The summed E-state index contributed by atoms with van der Waals surface area (Å²) in [6, 6.07) is 0. The predicted octanol–water partition coefficient (Wildman–Crippen LogP) is 4.66. The van der Waals surface area contributed by atoms with Crippen molar-refractivity contribution in [2.45, 2.75) is 98.4 Å². The molecule has 0 amide bonds. The van der Waals surface area contributed by atoms with E-state index in [9.17, 15) is 25.2 Å². The van der Waals surface area contributed by atoms with Crippen LogP contribution in [0.15, 0.2) is 47.1 Å². The summed E-state index contributed by atoms with van der Waals surface area (Å²) < 4.78 is 0. The van der Waals surface area contributed by atoms with Crippen LogP contribution in [0.2, 0.25) is 0 Å². The fourth-order valence-corrected chi connectivity index (χ4v) is 7.57. The SMILES string of the molecule is CC(/C=C/C=C(C)/C=C/C(O)C(C)(C)O)=C1/C(=O)C[C@H]2[C@@]3(C)CC[C@H](O)[C@](C)(CO)[C@@H]3CC[C@]12C. The second-order valence-electron chi connectivity index (χ2n) is 12.7. The maximum absolute atomic E-state index is 13.4. The third-order valence-electron chi connectivity index (χ3n) is 9.77. The van der Waals surface area contributed by atoms with Crippen molar-refractivity contribution in [2.24, 2.45) is 28.1 Å². The minimum Gasteiger partial charge on any atom is -0.396 e. The molecule has 0 aliphatic heterocycles. The van der Waals surface area contributed by atoms with Gasteiger partial charge in [0.15, 0.2) is 5.78 Å². The molecule has 3 rings (SSSR count). The van der Waals surface area contributed by atoms with Crippen LogP contribution in [0.25, 0.3) is 0 Å². The van der Waals surface area contributed by atoms with Crippen LogP contribution in [0, 0.1) is 28.1 Å². The zero-order valence-electron chi connectivity index (χ0n) is 22.6. The molecule has 5 heteroatoms. The van der Waals surface area contributed by atoms with Gasteiger partial charge in [-0.3, -0.25) is 4.79 Å². The number of rotatable bonds is 6. The van der Waals surface area contributed by atoms with Gasteiger partial charge in [0.05, 0.1) is 18.3 Å². The van der Waals surface area contributed by atoms with Gasteiger partial charge in [-0.2, -0.15) is 0 Å². The highest BCUT2D eigenvalue weighted by molar-refractivity contribution is 6.00. The average Bonchev–Trinajstić information content (AvgIpc) is 3.05. The number of fused-ring (bicyclic) bond motifs is 3. The summed E-state index contributed by atoms with van der Waals surface area (Å²) in [4.78, 5) is 13.4. The smallest absolute Gasteiger partial charge is 0.160 e. The molecule has 5 nitrogen and oxygen atoms in total. The summed E-state index contributed by atoms with van der Waals surface area (Å²) >= 11 is 0. The number of hydrogen-bond donors (Lipinski definition) is 4. The van der Waals surface area contributed by atoms with Crippen LogP contribution in [-0.4, -0.2) is 50.6 Å². The molecule has 196 valence electrons. The first-order valence-electron chi connectivity index (χ1n) is 13.1. The molecular formula is C30H46O5.